The van der Waals surface area contributed by atoms with E-state index >= 15 is 0 Å². The number of carbonyl (C=O) groups is 3. The second kappa shape index (κ2) is 8.11. The Morgan fingerprint density at radius 2 is 1.62 bits per heavy atom. The van der Waals surface area contributed by atoms with E-state index in [1.165, 1.54) is 0 Å². The number of fused-ring (bicyclic) bond motifs is 5. The lowest BCUT2D eigenvalue weighted by molar-refractivity contribution is -0.284. The van der Waals surface area contributed by atoms with Crippen LogP contribution in [-0.4, -0.2) is 68.7 Å². The van der Waals surface area contributed by atoms with Crippen LogP contribution in [0.1, 0.15) is 65.2 Å². The zero-order valence-electron chi connectivity index (χ0n) is 19.6. The molecule has 0 spiro atoms. The number of hydrogen-bond donors (Lipinski definition) is 4. The van der Waals surface area contributed by atoms with Crippen LogP contribution in [0.2, 0.25) is 0 Å². The van der Waals surface area contributed by atoms with Crippen LogP contribution >= 0.6 is 0 Å². The van der Waals surface area contributed by atoms with E-state index in [0.29, 0.717) is 42.8 Å². The van der Waals surface area contributed by atoms with Gasteiger partial charge in [0, 0.05) is 18.3 Å². The number of aliphatic hydroxyl groups is 3. The minimum atomic E-state index is -1.82. The normalized spacial score (nSPS) is 48.7. The van der Waals surface area contributed by atoms with Gasteiger partial charge in [0.1, 0.15) is 24.1 Å². The third-order valence-electron chi connectivity index (χ3n) is 9.83. The van der Waals surface area contributed by atoms with Gasteiger partial charge in [0.15, 0.2) is 17.6 Å². The summed E-state index contributed by atoms with van der Waals surface area (Å²) in [4.78, 5) is 37.1. The second-order valence-corrected chi connectivity index (χ2v) is 11.3. The molecule has 5 aliphatic rings. The van der Waals surface area contributed by atoms with Crippen LogP contribution in [0.25, 0.3) is 0 Å². The first-order valence-electron chi connectivity index (χ1n) is 12.4. The predicted octanol–water partition coefficient (Wildman–Crippen LogP) is 1.32. The Labute approximate surface area is 198 Å². The average molecular weight is 479 g/mol. The lowest BCUT2D eigenvalue weighted by atomic mass is 9.47. The van der Waals surface area contributed by atoms with Crippen LogP contribution in [0.3, 0.4) is 0 Å². The van der Waals surface area contributed by atoms with Gasteiger partial charge in [0.25, 0.3) is 0 Å². The Kier molecular flexibility index (Phi) is 5.71. The first kappa shape index (κ1) is 23.9. The molecule has 5 rings (SSSR count). The van der Waals surface area contributed by atoms with Crippen molar-refractivity contribution in [3.05, 3.63) is 11.3 Å². The highest BCUT2D eigenvalue weighted by atomic mass is 16.7. The molecule has 0 amide bonds. The van der Waals surface area contributed by atoms with Crippen molar-refractivity contribution in [3.8, 4) is 0 Å². The van der Waals surface area contributed by atoms with Crippen molar-refractivity contribution in [2.75, 3.05) is 0 Å². The molecular formula is C25H34O9. The maximum atomic E-state index is 13.0. The van der Waals surface area contributed by atoms with Crippen molar-refractivity contribution in [2.24, 2.45) is 28.6 Å². The lowest BCUT2D eigenvalue weighted by Crippen LogP contribution is -2.60. The third kappa shape index (κ3) is 3.31. The molecular weight excluding hydrogens is 444 g/mol. The smallest absolute Gasteiger partial charge is 0.335 e. The molecule has 1 heterocycles. The molecule has 0 aromatic rings. The van der Waals surface area contributed by atoms with E-state index in [0.717, 1.165) is 31.3 Å². The Bertz CT molecular complexity index is 943. The fourth-order valence-electron chi connectivity index (χ4n) is 7.84. The number of allylic oxidation sites excluding steroid dienone is 1. The quantitative estimate of drug-likeness (QED) is 0.471. The molecule has 10 atom stereocenters. The summed E-state index contributed by atoms with van der Waals surface area (Å²) >= 11 is 0. The predicted molar refractivity (Wildman–Crippen MR) is 116 cm³/mol. The standard InChI is InChI=1S/C25H34O9/c1-24-10-8-15(26)20(33-23-19(30)17(28)18(29)21(34-23)22(31)32)14(24)4-3-11-12-5-6-16(27)25(12,2)9-7-13(11)24/h11-13,17-19,21,23,28-30H,3-10H2,1-2H3,(H,31,32)/t11-,12-,13-,17-,18-,19+,21-,23+,24+,25-/m0/s1. The number of ketones is 2. The van der Waals surface area contributed by atoms with Crippen molar-refractivity contribution in [1.82, 2.24) is 0 Å². The molecule has 9 heteroatoms. The van der Waals surface area contributed by atoms with Crippen LogP contribution in [0, 0.1) is 28.6 Å². The Morgan fingerprint density at radius 3 is 2.32 bits per heavy atom. The van der Waals surface area contributed by atoms with Crippen LogP contribution in [-0.2, 0) is 23.9 Å². The molecule has 9 nitrogen and oxygen atoms in total. The van der Waals surface area contributed by atoms with Crippen LogP contribution in [0.15, 0.2) is 11.3 Å². The number of aliphatic hydroxyl groups excluding tert-OH is 3. The summed E-state index contributed by atoms with van der Waals surface area (Å²) in [6, 6.07) is 0. The summed E-state index contributed by atoms with van der Waals surface area (Å²) in [7, 11) is 0. The molecule has 0 aromatic carbocycles. The largest absolute Gasteiger partial charge is 0.479 e. The van der Waals surface area contributed by atoms with Crippen LogP contribution < -0.4 is 0 Å². The fraction of sp³-hybridized carbons (Fsp3) is 0.800. The second-order valence-electron chi connectivity index (χ2n) is 11.3. The zero-order valence-corrected chi connectivity index (χ0v) is 19.6. The molecule has 0 unspecified atom stereocenters. The average Bonchev–Trinajstić information content (AvgIpc) is 3.10. The SMILES string of the molecule is C[C@]12CCC(=O)C(O[C@@H]3O[C@H](C(=O)O)[C@@H](O)[C@H](O)[C@H]3O)=C1CC[C@@H]1[C@@H]2CC[C@]2(C)C(=O)CC[C@@H]12. The maximum Gasteiger partial charge on any atom is 0.335 e. The molecule has 0 radical (unpaired) electrons. The fourth-order valence-corrected chi connectivity index (χ4v) is 7.84. The number of Topliss-reactive ketones (excluding diaryl/α,β-unsaturated/α-hetero) is 2. The molecule has 4 N–H and O–H groups in total. The van der Waals surface area contributed by atoms with Crippen molar-refractivity contribution in [1.29, 1.82) is 0 Å². The minimum absolute atomic E-state index is 0.0970. The summed E-state index contributed by atoms with van der Waals surface area (Å²) in [6.45, 7) is 4.28. The van der Waals surface area contributed by atoms with Gasteiger partial charge in [-0.05, 0) is 67.3 Å². The number of hydrogen-bond acceptors (Lipinski definition) is 8. The highest BCUT2D eigenvalue weighted by molar-refractivity contribution is 5.95. The van der Waals surface area contributed by atoms with Gasteiger partial charge in [-0.25, -0.2) is 4.79 Å². The van der Waals surface area contributed by atoms with E-state index in [9.17, 15) is 34.8 Å². The summed E-state index contributed by atoms with van der Waals surface area (Å²) in [5.41, 5.74) is 0.315. The number of aliphatic carboxylic acids is 1. The molecule has 0 bridgehead atoms. The van der Waals surface area contributed by atoms with Gasteiger partial charge in [-0.3, -0.25) is 9.59 Å². The molecule has 3 saturated carbocycles. The van der Waals surface area contributed by atoms with Crippen molar-refractivity contribution >= 4 is 17.5 Å². The molecule has 4 aliphatic carbocycles. The first-order valence-corrected chi connectivity index (χ1v) is 12.4. The highest BCUT2D eigenvalue weighted by Crippen LogP contribution is 2.65. The van der Waals surface area contributed by atoms with Gasteiger partial charge in [-0.1, -0.05) is 13.8 Å². The van der Waals surface area contributed by atoms with Gasteiger partial charge < -0.3 is 29.9 Å². The molecule has 1 saturated heterocycles. The van der Waals surface area contributed by atoms with E-state index in [-0.39, 0.29) is 28.8 Å². The molecule has 4 fully saturated rings. The Balaban J connectivity index is 1.45. The Morgan fingerprint density at radius 1 is 0.912 bits per heavy atom. The molecule has 34 heavy (non-hydrogen) atoms. The first-order chi connectivity index (χ1) is 16.0. The van der Waals surface area contributed by atoms with Crippen molar-refractivity contribution < 1.29 is 44.3 Å². The summed E-state index contributed by atoms with van der Waals surface area (Å²) in [6.07, 6.45) is -2.98. The van der Waals surface area contributed by atoms with Crippen LogP contribution in [0.4, 0.5) is 0 Å². The van der Waals surface area contributed by atoms with Gasteiger partial charge in [0.2, 0.25) is 6.29 Å². The number of carbonyl (C=O) groups excluding carboxylic acids is 2. The van der Waals surface area contributed by atoms with Crippen molar-refractivity contribution in [2.45, 2.75) is 95.9 Å². The van der Waals surface area contributed by atoms with Crippen molar-refractivity contribution in [3.63, 3.8) is 0 Å². The third-order valence-corrected chi connectivity index (χ3v) is 9.83. The summed E-state index contributed by atoms with van der Waals surface area (Å²) < 4.78 is 11.2. The topological polar surface area (TPSA) is 151 Å². The lowest BCUT2D eigenvalue weighted by Gasteiger charge is -2.57. The Hall–Kier alpha value is -1.81. The molecule has 1 aliphatic heterocycles. The zero-order chi connectivity index (χ0) is 24.6. The monoisotopic (exact) mass is 478 g/mol. The summed E-state index contributed by atoms with van der Waals surface area (Å²) in [5.74, 6) is -0.188. The number of carboxylic acid groups (broad SMARTS) is 1. The maximum absolute atomic E-state index is 13.0. The van der Waals surface area contributed by atoms with E-state index in [4.69, 9.17) is 9.47 Å². The van der Waals surface area contributed by atoms with E-state index in [2.05, 4.69) is 13.8 Å². The number of ether oxygens (including phenoxy) is 2. The minimum Gasteiger partial charge on any atom is -0.479 e. The van der Waals surface area contributed by atoms with E-state index < -0.39 is 36.7 Å². The number of carboxylic acids is 1. The van der Waals surface area contributed by atoms with Crippen LogP contribution in [0.5, 0.6) is 0 Å². The van der Waals surface area contributed by atoms with Gasteiger partial charge in [-0.15, -0.1) is 0 Å². The van der Waals surface area contributed by atoms with E-state index in [1.807, 2.05) is 0 Å². The highest BCUT2D eigenvalue weighted by Gasteiger charge is 2.60. The molecule has 188 valence electrons. The van der Waals surface area contributed by atoms with Gasteiger partial charge in [0.05, 0.1) is 0 Å². The van der Waals surface area contributed by atoms with Gasteiger partial charge >= 0.3 is 5.97 Å². The number of rotatable bonds is 3. The van der Waals surface area contributed by atoms with E-state index in [1.54, 1.807) is 0 Å². The summed E-state index contributed by atoms with van der Waals surface area (Å²) in [5, 5.41) is 39.8. The van der Waals surface area contributed by atoms with Gasteiger partial charge in [-0.2, -0.15) is 0 Å². The molecule has 0 aromatic heterocycles.